The number of carbonyl (C=O) groups excluding carboxylic acids is 2. The van der Waals surface area contributed by atoms with Gasteiger partial charge in [-0.3, -0.25) is 9.59 Å². The summed E-state index contributed by atoms with van der Waals surface area (Å²) in [5.41, 5.74) is 1.00. The number of rotatable bonds is 6. The zero-order valence-electron chi connectivity index (χ0n) is 9.29. The van der Waals surface area contributed by atoms with Gasteiger partial charge < -0.3 is 15.0 Å². The Labute approximate surface area is 94.2 Å². The van der Waals surface area contributed by atoms with Crippen molar-refractivity contribution in [1.82, 2.24) is 10.3 Å². The molecule has 5 nitrogen and oxygen atoms in total. The summed E-state index contributed by atoms with van der Waals surface area (Å²) in [5.74, 6) is -0.478. The van der Waals surface area contributed by atoms with Gasteiger partial charge in [-0.15, -0.1) is 0 Å². The molecule has 2 N–H and O–H groups in total. The monoisotopic (exact) mass is 224 g/mol. The van der Waals surface area contributed by atoms with Gasteiger partial charge in [0.15, 0.2) is 0 Å². The maximum Gasteiger partial charge on any atom is 0.306 e. The van der Waals surface area contributed by atoms with Crippen LogP contribution in [0.4, 0.5) is 0 Å². The number of carbonyl (C=O) groups is 2. The van der Waals surface area contributed by atoms with Crippen molar-refractivity contribution in [3.05, 3.63) is 24.0 Å². The summed E-state index contributed by atoms with van der Waals surface area (Å²) in [4.78, 5) is 25.2. The van der Waals surface area contributed by atoms with Crippen molar-refractivity contribution < 1.29 is 14.3 Å². The first kappa shape index (κ1) is 12.3. The van der Waals surface area contributed by atoms with Gasteiger partial charge in [0.1, 0.15) is 0 Å². The van der Waals surface area contributed by atoms with E-state index in [1.54, 1.807) is 13.1 Å². The molecule has 0 fully saturated rings. The highest BCUT2D eigenvalue weighted by atomic mass is 16.5. The lowest BCUT2D eigenvalue weighted by Crippen LogP contribution is -2.23. The minimum absolute atomic E-state index is 0.132. The first-order valence-electron chi connectivity index (χ1n) is 5.26. The fourth-order valence-corrected chi connectivity index (χ4v) is 1.21. The summed E-state index contributed by atoms with van der Waals surface area (Å²) < 4.78 is 4.72. The molecule has 0 aromatic carbocycles. The second-order valence-electron chi connectivity index (χ2n) is 3.30. The van der Waals surface area contributed by atoms with Crippen molar-refractivity contribution in [2.75, 3.05) is 6.61 Å². The average molecular weight is 224 g/mol. The molecule has 16 heavy (non-hydrogen) atoms. The number of aromatic amines is 1. The SMILES string of the molecule is CCOC(=O)CCC(=O)NCc1cc[nH]c1. The fourth-order valence-electron chi connectivity index (χ4n) is 1.21. The van der Waals surface area contributed by atoms with Gasteiger partial charge in [0.05, 0.1) is 13.0 Å². The average Bonchev–Trinajstić information content (AvgIpc) is 2.77. The molecule has 0 aliphatic carbocycles. The first-order valence-corrected chi connectivity index (χ1v) is 5.26. The fraction of sp³-hybridized carbons (Fsp3) is 0.455. The third kappa shape index (κ3) is 4.63. The van der Waals surface area contributed by atoms with Gasteiger partial charge in [0.2, 0.25) is 5.91 Å². The van der Waals surface area contributed by atoms with Crippen LogP contribution in [-0.4, -0.2) is 23.5 Å². The summed E-state index contributed by atoms with van der Waals surface area (Å²) in [5, 5.41) is 2.72. The normalized spacial score (nSPS) is 9.81. The first-order chi connectivity index (χ1) is 7.72. The number of nitrogens with one attached hydrogen (secondary N) is 2. The second kappa shape index (κ2) is 6.66. The molecule has 0 saturated carbocycles. The van der Waals surface area contributed by atoms with Crippen LogP contribution in [-0.2, 0) is 20.9 Å². The molecule has 0 radical (unpaired) electrons. The molecular formula is C11H16N2O3. The van der Waals surface area contributed by atoms with Gasteiger partial charge in [-0.25, -0.2) is 0 Å². The molecular weight excluding hydrogens is 208 g/mol. The van der Waals surface area contributed by atoms with E-state index in [0.29, 0.717) is 13.2 Å². The van der Waals surface area contributed by atoms with Crippen LogP contribution in [0.2, 0.25) is 0 Å². The molecule has 1 amide bonds. The molecule has 0 bridgehead atoms. The topological polar surface area (TPSA) is 71.2 Å². The van der Waals surface area contributed by atoms with Crippen LogP contribution in [0.25, 0.3) is 0 Å². The summed E-state index contributed by atoms with van der Waals surface area (Å²) >= 11 is 0. The van der Waals surface area contributed by atoms with Gasteiger partial charge in [-0.1, -0.05) is 0 Å². The third-order valence-electron chi connectivity index (χ3n) is 2.01. The van der Waals surface area contributed by atoms with Gasteiger partial charge in [-0.05, 0) is 18.6 Å². The number of H-pyrrole nitrogens is 1. The highest BCUT2D eigenvalue weighted by molar-refractivity contribution is 5.81. The Morgan fingerprint density at radius 3 is 2.88 bits per heavy atom. The minimum atomic E-state index is -0.334. The van der Waals surface area contributed by atoms with E-state index in [2.05, 4.69) is 10.3 Å². The number of hydrogen-bond acceptors (Lipinski definition) is 3. The van der Waals surface area contributed by atoms with E-state index in [4.69, 9.17) is 4.74 Å². The van der Waals surface area contributed by atoms with E-state index in [0.717, 1.165) is 5.56 Å². The maximum atomic E-state index is 11.3. The minimum Gasteiger partial charge on any atom is -0.466 e. The predicted molar refractivity (Wildman–Crippen MR) is 58.5 cm³/mol. The molecule has 0 aliphatic rings. The molecule has 1 aromatic heterocycles. The molecule has 0 unspecified atom stereocenters. The van der Waals surface area contributed by atoms with Gasteiger partial charge in [0, 0.05) is 25.4 Å². The van der Waals surface area contributed by atoms with E-state index >= 15 is 0 Å². The van der Waals surface area contributed by atoms with Crippen LogP contribution < -0.4 is 5.32 Å². The maximum absolute atomic E-state index is 11.3. The smallest absolute Gasteiger partial charge is 0.306 e. The van der Waals surface area contributed by atoms with E-state index in [1.165, 1.54) is 0 Å². The van der Waals surface area contributed by atoms with Gasteiger partial charge >= 0.3 is 5.97 Å². The second-order valence-corrected chi connectivity index (χ2v) is 3.30. The number of hydrogen-bond donors (Lipinski definition) is 2. The lowest BCUT2D eigenvalue weighted by atomic mass is 10.3. The standard InChI is InChI=1S/C11H16N2O3/c1-2-16-11(15)4-3-10(14)13-8-9-5-6-12-7-9/h5-7,12H,2-4,8H2,1H3,(H,13,14). The van der Waals surface area contributed by atoms with Crippen molar-refractivity contribution in [2.24, 2.45) is 0 Å². The largest absolute Gasteiger partial charge is 0.466 e. The Hall–Kier alpha value is -1.78. The van der Waals surface area contributed by atoms with Crippen molar-refractivity contribution in [3.63, 3.8) is 0 Å². The van der Waals surface area contributed by atoms with Crippen LogP contribution in [0.1, 0.15) is 25.3 Å². The van der Waals surface area contributed by atoms with Crippen LogP contribution in [0.5, 0.6) is 0 Å². The predicted octanol–water partition coefficient (Wildman–Crippen LogP) is 0.974. The van der Waals surface area contributed by atoms with Crippen LogP contribution >= 0.6 is 0 Å². The highest BCUT2D eigenvalue weighted by Gasteiger charge is 2.06. The highest BCUT2D eigenvalue weighted by Crippen LogP contribution is 1.97. The Kier molecular flexibility index (Phi) is 5.11. The number of aromatic nitrogens is 1. The molecule has 5 heteroatoms. The number of ether oxygens (including phenoxy) is 1. The Balaban J connectivity index is 2.14. The van der Waals surface area contributed by atoms with E-state index in [-0.39, 0.29) is 24.7 Å². The Morgan fingerprint density at radius 2 is 2.25 bits per heavy atom. The summed E-state index contributed by atoms with van der Waals surface area (Å²) in [6, 6.07) is 1.88. The van der Waals surface area contributed by atoms with Crippen LogP contribution in [0.15, 0.2) is 18.5 Å². The molecule has 0 aliphatic heterocycles. The van der Waals surface area contributed by atoms with E-state index in [1.807, 2.05) is 12.3 Å². The lowest BCUT2D eigenvalue weighted by Gasteiger charge is -2.03. The van der Waals surface area contributed by atoms with Crippen LogP contribution in [0, 0.1) is 0 Å². The molecule has 88 valence electrons. The zero-order valence-corrected chi connectivity index (χ0v) is 9.29. The molecule has 1 rings (SSSR count). The number of amides is 1. The quantitative estimate of drug-likeness (QED) is 0.707. The van der Waals surface area contributed by atoms with E-state index in [9.17, 15) is 9.59 Å². The molecule has 0 spiro atoms. The summed E-state index contributed by atoms with van der Waals surface area (Å²) in [7, 11) is 0. The van der Waals surface area contributed by atoms with Crippen molar-refractivity contribution in [1.29, 1.82) is 0 Å². The van der Waals surface area contributed by atoms with Crippen LogP contribution in [0.3, 0.4) is 0 Å². The third-order valence-corrected chi connectivity index (χ3v) is 2.01. The van der Waals surface area contributed by atoms with E-state index < -0.39 is 0 Å². The zero-order chi connectivity index (χ0) is 11.8. The van der Waals surface area contributed by atoms with Gasteiger partial charge in [0.25, 0.3) is 0 Å². The molecule has 1 heterocycles. The summed E-state index contributed by atoms with van der Waals surface area (Å²) in [6.07, 6.45) is 3.90. The molecule has 0 atom stereocenters. The lowest BCUT2D eigenvalue weighted by molar-refractivity contribution is -0.144. The Morgan fingerprint density at radius 1 is 1.44 bits per heavy atom. The van der Waals surface area contributed by atoms with Crippen molar-refractivity contribution in [2.45, 2.75) is 26.3 Å². The number of esters is 1. The summed E-state index contributed by atoms with van der Waals surface area (Å²) in [6.45, 7) is 2.57. The molecule has 1 aromatic rings. The molecule has 0 saturated heterocycles. The van der Waals surface area contributed by atoms with Gasteiger partial charge in [-0.2, -0.15) is 0 Å². The van der Waals surface area contributed by atoms with Crippen molar-refractivity contribution in [3.8, 4) is 0 Å². The Bertz CT molecular complexity index is 333. The van der Waals surface area contributed by atoms with Crippen molar-refractivity contribution >= 4 is 11.9 Å².